The largest absolute Gasteiger partial charge is 0.0876 e. The maximum atomic E-state index is 2.65. The summed E-state index contributed by atoms with van der Waals surface area (Å²) in [5.41, 5.74) is 3.39. The molecule has 9 atom stereocenters. The third-order valence-corrected chi connectivity index (χ3v) is 10.4. The molecule has 0 aromatic heterocycles. The Morgan fingerprint density at radius 3 is 1.96 bits per heavy atom. The van der Waals surface area contributed by atoms with Gasteiger partial charge in [0.2, 0.25) is 0 Å². The molecular formula is C24H36. The molecule has 0 saturated heterocycles. The molecule has 132 valence electrons. The predicted octanol–water partition coefficient (Wildman–Crippen LogP) is 6.61. The number of hydrogen-bond acceptors (Lipinski definition) is 0. The fourth-order valence-electron chi connectivity index (χ4n) is 10.7. The van der Waals surface area contributed by atoms with Gasteiger partial charge in [-0.25, -0.2) is 0 Å². The normalized spacial score (nSPS) is 61.9. The molecule has 0 spiro atoms. The van der Waals surface area contributed by atoms with E-state index in [1.807, 2.05) is 5.57 Å². The summed E-state index contributed by atoms with van der Waals surface area (Å²) in [5.74, 6) is 7.57. The van der Waals surface area contributed by atoms with Gasteiger partial charge in [0.1, 0.15) is 0 Å². The Balaban J connectivity index is 1.53. The van der Waals surface area contributed by atoms with Gasteiger partial charge in [-0.05, 0) is 123 Å². The molecular weight excluding hydrogens is 288 g/mol. The van der Waals surface area contributed by atoms with Gasteiger partial charge in [-0.15, -0.1) is 0 Å². The first kappa shape index (κ1) is 14.9. The minimum Gasteiger partial charge on any atom is -0.0876 e. The van der Waals surface area contributed by atoms with Gasteiger partial charge in [0.05, 0.1) is 0 Å². The molecule has 0 aromatic carbocycles. The molecule has 0 N–H and O–H groups in total. The Bertz CT molecular complexity index is 555. The molecule has 0 heterocycles. The molecule has 24 heavy (non-hydrogen) atoms. The van der Waals surface area contributed by atoms with Crippen molar-refractivity contribution in [2.75, 3.05) is 0 Å². The quantitative estimate of drug-likeness (QED) is 0.501. The lowest BCUT2D eigenvalue weighted by atomic mass is 9.31. The second-order valence-electron chi connectivity index (χ2n) is 11.1. The van der Waals surface area contributed by atoms with Gasteiger partial charge in [0.15, 0.2) is 0 Å². The maximum Gasteiger partial charge on any atom is -0.00208 e. The van der Waals surface area contributed by atoms with E-state index in [2.05, 4.69) is 19.9 Å². The van der Waals surface area contributed by atoms with E-state index in [1.54, 1.807) is 64.2 Å². The van der Waals surface area contributed by atoms with Crippen LogP contribution in [0.1, 0.15) is 84.5 Å². The first-order chi connectivity index (χ1) is 11.7. The maximum absolute atomic E-state index is 2.65. The van der Waals surface area contributed by atoms with Crippen LogP contribution >= 0.6 is 0 Å². The molecule has 0 aliphatic heterocycles. The number of rotatable bonds is 2. The van der Waals surface area contributed by atoms with Gasteiger partial charge in [-0.1, -0.05) is 25.0 Å². The Labute approximate surface area is 148 Å². The van der Waals surface area contributed by atoms with E-state index < -0.39 is 0 Å². The van der Waals surface area contributed by atoms with E-state index in [9.17, 15) is 0 Å². The molecule has 8 rings (SSSR count). The smallest absolute Gasteiger partial charge is 0.00208 e. The van der Waals surface area contributed by atoms with Gasteiger partial charge >= 0.3 is 0 Å². The fraction of sp³-hybridized carbons (Fsp3) is 0.917. The van der Waals surface area contributed by atoms with Crippen molar-refractivity contribution in [3.8, 4) is 0 Å². The Morgan fingerprint density at radius 2 is 1.42 bits per heavy atom. The van der Waals surface area contributed by atoms with Crippen molar-refractivity contribution >= 4 is 0 Å². The van der Waals surface area contributed by atoms with Crippen LogP contribution in [0, 0.1) is 52.3 Å². The average molecular weight is 325 g/mol. The van der Waals surface area contributed by atoms with Crippen LogP contribution in [-0.2, 0) is 0 Å². The van der Waals surface area contributed by atoms with E-state index in [0.717, 1.165) is 46.8 Å². The molecule has 5 unspecified atom stereocenters. The summed E-state index contributed by atoms with van der Waals surface area (Å²) >= 11 is 0. The molecule has 8 fully saturated rings. The Hall–Kier alpha value is -0.260. The highest BCUT2D eigenvalue weighted by Crippen LogP contribution is 2.78. The van der Waals surface area contributed by atoms with Gasteiger partial charge in [0.25, 0.3) is 0 Å². The summed E-state index contributed by atoms with van der Waals surface area (Å²) in [6.45, 7) is 4.95. The van der Waals surface area contributed by atoms with E-state index in [1.165, 1.54) is 6.42 Å². The van der Waals surface area contributed by atoms with Crippen molar-refractivity contribution in [2.24, 2.45) is 52.3 Å². The molecule has 0 amide bonds. The lowest BCUT2D eigenvalue weighted by Gasteiger charge is -2.73. The van der Waals surface area contributed by atoms with Gasteiger partial charge in [-0.2, -0.15) is 0 Å². The van der Waals surface area contributed by atoms with Gasteiger partial charge in [0, 0.05) is 0 Å². The van der Waals surface area contributed by atoms with Crippen LogP contribution in [0.2, 0.25) is 0 Å². The summed E-state index contributed by atoms with van der Waals surface area (Å²) in [5, 5.41) is 0. The van der Waals surface area contributed by atoms with Crippen molar-refractivity contribution < 1.29 is 0 Å². The van der Waals surface area contributed by atoms with Crippen LogP contribution in [-0.4, -0.2) is 0 Å². The third-order valence-electron chi connectivity index (χ3n) is 10.4. The van der Waals surface area contributed by atoms with Crippen molar-refractivity contribution in [2.45, 2.75) is 84.5 Å². The second-order valence-corrected chi connectivity index (χ2v) is 11.1. The molecule has 8 aliphatic rings. The zero-order valence-corrected chi connectivity index (χ0v) is 15.9. The highest BCUT2D eigenvalue weighted by atomic mass is 14.7. The summed E-state index contributed by atoms with van der Waals surface area (Å²) in [7, 11) is 0. The topological polar surface area (TPSA) is 0 Å². The van der Waals surface area contributed by atoms with Crippen molar-refractivity contribution in [1.29, 1.82) is 0 Å². The van der Waals surface area contributed by atoms with Crippen LogP contribution in [0.3, 0.4) is 0 Å². The van der Waals surface area contributed by atoms with E-state index in [0.29, 0.717) is 5.41 Å². The standard InChI is InChI=1S/C24H36/c1-3-21-19-7-15-5-16(8-19)12-23(21,11-15)24-13-17-6-18(14-24)10-20(9-17)22(24)4-2/h3,15-20,22H,4-14H2,1-2H3/t15-,16+,17-,18+,19?,20?,22?,23?,24?. The van der Waals surface area contributed by atoms with E-state index in [-0.39, 0.29) is 0 Å². The summed E-state index contributed by atoms with van der Waals surface area (Å²) in [6, 6.07) is 0. The first-order valence-electron chi connectivity index (χ1n) is 11.3. The molecule has 0 radical (unpaired) electrons. The molecule has 0 aromatic rings. The van der Waals surface area contributed by atoms with Gasteiger partial charge in [-0.3, -0.25) is 0 Å². The lowest BCUT2D eigenvalue weighted by molar-refractivity contribution is -0.206. The SMILES string of the molecule is CC=C1C2C[C@@H]3C[C@H](C2)CC1(C12C[C@@H]4CC(C[C@@H](C4)C1)C2CC)C3. The molecule has 8 saturated carbocycles. The molecule has 8 bridgehead atoms. The highest BCUT2D eigenvalue weighted by molar-refractivity contribution is 5.32. The molecule has 8 aliphatic carbocycles. The van der Waals surface area contributed by atoms with Crippen LogP contribution in [0.15, 0.2) is 11.6 Å². The van der Waals surface area contributed by atoms with Crippen molar-refractivity contribution in [3.63, 3.8) is 0 Å². The number of allylic oxidation sites excluding steroid dienone is 2. The summed E-state index contributed by atoms with van der Waals surface area (Å²) in [6.07, 6.45) is 20.1. The summed E-state index contributed by atoms with van der Waals surface area (Å²) < 4.78 is 0. The van der Waals surface area contributed by atoms with Crippen molar-refractivity contribution in [1.82, 2.24) is 0 Å². The van der Waals surface area contributed by atoms with E-state index >= 15 is 0 Å². The van der Waals surface area contributed by atoms with Crippen LogP contribution in [0.5, 0.6) is 0 Å². The fourth-order valence-corrected chi connectivity index (χ4v) is 10.7. The monoisotopic (exact) mass is 324 g/mol. The van der Waals surface area contributed by atoms with Crippen LogP contribution in [0.25, 0.3) is 0 Å². The minimum absolute atomic E-state index is 0.660. The third kappa shape index (κ3) is 1.59. The average Bonchev–Trinajstić information content (AvgIpc) is 2.53. The van der Waals surface area contributed by atoms with Crippen LogP contribution < -0.4 is 0 Å². The molecule has 0 nitrogen and oxygen atoms in total. The van der Waals surface area contributed by atoms with Crippen molar-refractivity contribution in [3.05, 3.63) is 11.6 Å². The zero-order chi connectivity index (χ0) is 16.1. The predicted molar refractivity (Wildman–Crippen MR) is 99.5 cm³/mol. The first-order valence-corrected chi connectivity index (χ1v) is 11.3. The van der Waals surface area contributed by atoms with Crippen LogP contribution in [0.4, 0.5) is 0 Å². The molecule has 0 heteroatoms. The zero-order valence-electron chi connectivity index (χ0n) is 15.9. The highest BCUT2D eigenvalue weighted by Gasteiger charge is 2.69. The lowest BCUT2D eigenvalue weighted by Crippen LogP contribution is -2.65. The Kier molecular flexibility index (Phi) is 2.92. The Morgan fingerprint density at radius 1 is 0.833 bits per heavy atom. The second kappa shape index (κ2) is 4.72. The number of hydrogen-bond donors (Lipinski definition) is 0. The summed E-state index contributed by atoms with van der Waals surface area (Å²) in [4.78, 5) is 0. The van der Waals surface area contributed by atoms with E-state index in [4.69, 9.17) is 0 Å². The van der Waals surface area contributed by atoms with Gasteiger partial charge < -0.3 is 0 Å². The minimum atomic E-state index is 0.660.